The van der Waals surface area contributed by atoms with Crippen molar-refractivity contribution < 1.29 is 23.4 Å². The highest BCUT2D eigenvalue weighted by atomic mass is 19.1. The van der Waals surface area contributed by atoms with Crippen LogP contribution >= 0.6 is 0 Å². The molecule has 2 aliphatic rings. The van der Waals surface area contributed by atoms with Gasteiger partial charge in [-0.1, -0.05) is 0 Å². The van der Waals surface area contributed by atoms with Crippen LogP contribution in [0.4, 0.5) is 4.39 Å². The number of amides is 1. The lowest BCUT2D eigenvalue weighted by Gasteiger charge is -2.38. The van der Waals surface area contributed by atoms with Gasteiger partial charge in [0.2, 0.25) is 0 Å². The van der Waals surface area contributed by atoms with Crippen LogP contribution in [0.25, 0.3) is 0 Å². The molecule has 1 atom stereocenters. The van der Waals surface area contributed by atoms with Crippen molar-refractivity contribution in [3.63, 3.8) is 0 Å². The Morgan fingerprint density at radius 1 is 1.27 bits per heavy atom. The van der Waals surface area contributed by atoms with E-state index in [1.165, 1.54) is 14.2 Å². The average molecular weight is 421 g/mol. The standard InChI is InChI=1S/C23H33FN2O4/c1-4-19-11-17(5-10-30-19)15-26-8-6-23(24,7-9-26)16-25-22(27)18-12-20(28-2)14-21(13-18)29-3/h4,12-14,17H,5-11,15-16H2,1-3H3,(H,25,27)/b19-4+. The van der Waals surface area contributed by atoms with Crippen LogP contribution < -0.4 is 14.8 Å². The van der Waals surface area contributed by atoms with E-state index in [0.717, 1.165) is 31.8 Å². The first-order chi connectivity index (χ1) is 14.4. The van der Waals surface area contributed by atoms with Crippen molar-refractivity contribution in [1.29, 1.82) is 0 Å². The molecule has 0 aliphatic carbocycles. The van der Waals surface area contributed by atoms with E-state index >= 15 is 4.39 Å². The fourth-order valence-corrected chi connectivity index (χ4v) is 4.12. The number of nitrogens with one attached hydrogen (secondary N) is 1. The molecule has 7 heteroatoms. The largest absolute Gasteiger partial charge is 0.498 e. The summed E-state index contributed by atoms with van der Waals surface area (Å²) in [5, 5.41) is 2.75. The molecule has 1 N–H and O–H groups in total. The van der Waals surface area contributed by atoms with Crippen molar-refractivity contribution in [3.8, 4) is 11.5 Å². The Bertz CT molecular complexity index is 737. The Kier molecular flexibility index (Phi) is 7.58. The van der Waals surface area contributed by atoms with E-state index in [1.807, 2.05) is 13.0 Å². The Balaban J connectivity index is 1.48. The number of ether oxygens (including phenoxy) is 3. The fraction of sp³-hybridized carbons (Fsp3) is 0.609. The van der Waals surface area contributed by atoms with Crippen LogP contribution in [0.2, 0.25) is 0 Å². The van der Waals surface area contributed by atoms with Gasteiger partial charge in [0.05, 0.1) is 33.1 Å². The third kappa shape index (κ3) is 5.88. The van der Waals surface area contributed by atoms with Gasteiger partial charge in [-0.2, -0.15) is 0 Å². The maximum absolute atomic E-state index is 15.3. The molecule has 1 unspecified atom stereocenters. The second kappa shape index (κ2) is 10.2. The molecule has 0 bridgehead atoms. The summed E-state index contributed by atoms with van der Waals surface area (Å²) in [7, 11) is 3.06. The number of carbonyl (C=O) groups is 1. The van der Waals surface area contributed by atoms with Crippen molar-refractivity contribution in [2.45, 2.75) is 38.3 Å². The minimum Gasteiger partial charge on any atom is -0.498 e. The Morgan fingerprint density at radius 2 is 1.93 bits per heavy atom. The zero-order valence-corrected chi connectivity index (χ0v) is 18.2. The summed E-state index contributed by atoms with van der Waals surface area (Å²) in [6.45, 7) is 5.19. The van der Waals surface area contributed by atoms with Gasteiger partial charge in [-0.25, -0.2) is 4.39 Å². The molecular weight excluding hydrogens is 387 g/mol. The smallest absolute Gasteiger partial charge is 0.251 e. The number of benzene rings is 1. The van der Waals surface area contributed by atoms with Crippen LogP contribution in [-0.2, 0) is 4.74 Å². The van der Waals surface area contributed by atoms with E-state index in [2.05, 4.69) is 10.2 Å². The van der Waals surface area contributed by atoms with Crippen molar-refractivity contribution in [2.24, 2.45) is 5.92 Å². The summed E-state index contributed by atoms with van der Waals surface area (Å²) in [5.41, 5.74) is -0.981. The zero-order chi connectivity index (χ0) is 21.6. The average Bonchev–Trinajstić information content (AvgIpc) is 2.79. The number of nitrogens with zero attached hydrogens (tertiary/aromatic N) is 1. The molecule has 0 spiro atoms. The van der Waals surface area contributed by atoms with Crippen LogP contribution in [-0.4, -0.2) is 63.5 Å². The molecule has 2 saturated heterocycles. The number of allylic oxidation sites excluding steroid dienone is 2. The summed E-state index contributed by atoms with van der Waals surface area (Å²) >= 11 is 0. The predicted molar refractivity (Wildman–Crippen MR) is 114 cm³/mol. The minimum absolute atomic E-state index is 0.0131. The minimum atomic E-state index is -1.38. The number of hydrogen-bond acceptors (Lipinski definition) is 5. The first-order valence-electron chi connectivity index (χ1n) is 10.6. The van der Waals surface area contributed by atoms with Crippen LogP contribution in [0.1, 0.15) is 43.0 Å². The van der Waals surface area contributed by atoms with Gasteiger partial charge in [-0.15, -0.1) is 0 Å². The predicted octanol–water partition coefficient (Wildman–Crippen LogP) is 3.57. The van der Waals surface area contributed by atoms with Crippen LogP contribution in [0.15, 0.2) is 30.0 Å². The molecule has 1 amide bonds. The van der Waals surface area contributed by atoms with Crippen LogP contribution in [0, 0.1) is 5.92 Å². The molecule has 1 aromatic carbocycles. The topological polar surface area (TPSA) is 60.0 Å². The van der Waals surface area contributed by atoms with Gasteiger partial charge in [0.25, 0.3) is 5.91 Å². The number of methoxy groups -OCH3 is 2. The van der Waals surface area contributed by atoms with Gasteiger partial charge < -0.3 is 24.4 Å². The maximum Gasteiger partial charge on any atom is 0.251 e. The Hall–Kier alpha value is -2.28. The SMILES string of the molecule is C/C=C1\CC(CN2CCC(F)(CNC(=O)c3cc(OC)cc(OC)c3)CC2)CCO1. The molecule has 2 aliphatic heterocycles. The van der Waals surface area contributed by atoms with Gasteiger partial charge in [-0.3, -0.25) is 4.79 Å². The van der Waals surface area contributed by atoms with Gasteiger partial charge >= 0.3 is 0 Å². The number of alkyl halides is 1. The summed E-state index contributed by atoms with van der Waals surface area (Å²) in [6, 6.07) is 4.94. The third-order valence-corrected chi connectivity index (χ3v) is 6.07. The van der Waals surface area contributed by atoms with E-state index in [0.29, 0.717) is 48.9 Å². The highest BCUT2D eigenvalue weighted by Crippen LogP contribution is 2.29. The summed E-state index contributed by atoms with van der Waals surface area (Å²) in [6.07, 6.45) is 4.90. The summed E-state index contributed by atoms with van der Waals surface area (Å²) in [4.78, 5) is 14.9. The molecule has 166 valence electrons. The molecule has 6 nitrogen and oxygen atoms in total. The number of halogens is 1. The first-order valence-corrected chi connectivity index (χ1v) is 10.6. The normalized spacial score (nSPS) is 22.9. The third-order valence-electron chi connectivity index (χ3n) is 6.07. The highest BCUT2D eigenvalue weighted by Gasteiger charge is 2.35. The van der Waals surface area contributed by atoms with E-state index in [4.69, 9.17) is 14.2 Å². The molecule has 0 saturated carbocycles. The van der Waals surface area contributed by atoms with Crippen molar-refractivity contribution in [1.82, 2.24) is 10.2 Å². The second-order valence-corrected chi connectivity index (χ2v) is 8.20. The van der Waals surface area contributed by atoms with Gasteiger partial charge in [0.1, 0.15) is 17.2 Å². The quantitative estimate of drug-likeness (QED) is 0.731. The number of likely N-dealkylation sites (tertiary alicyclic amines) is 1. The molecular formula is C23H33FN2O4. The lowest BCUT2D eigenvalue weighted by Crippen LogP contribution is -2.49. The number of hydrogen-bond donors (Lipinski definition) is 1. The molecule has 3 rings (SSSR count). The van der Waals surface area contributed by atoms with Gasteiger partial charge in [0, 0.05) is 37.7 Å². The molecule has 30 heavy (non-hydrogen) atoms. The highest BCUT2D eigenvalue weighted by molar-refractivity contribution is 5.95. The van der Waals surface area contributed by atoms with E-state index in [-0.39, 0.29) is 12.5 Å². The molecule has 0 radical (unpaired) electrons. The zero-order valence-electron chi connectivity index (χ0n) is 18.2. The molecule has 0 aromatic heterocycles. The van der Waals surface area contributed by atoms with Crippen LogP contribution in [0.5, 0.6) is 11.5 Å². The van der Waals surface area contributed by atoms with Gasteiger partial charge in [0.15, 0.2) is 0 Å². The number of rotatable bonds is 7. The van der Waals surface area contributed by atoms with Crippen LogP contribution in [0.3, 0.4) is 0 Å². The Morgan fingerprint density at radius 3 is 2.53 bits per heavy atom. The maximum atomic E-state index is 15.3. The number of carbonyl (C=O) groups excluding carboxylic acids is 1. The van der Waals surface area contributed by atoms with Crippen molar-refractivity contribution in [2.75, 3.05) is 47.0 Å². The van der Waals surface area contributed by atoms with Crippen molar-refractivity contribution in [3.05, 3.63) is 35.6 Å². The lowest BCUT2D eigenvalue weighted by molar-refractivity contribution is 0.0392. The van der Waals surface area contributed by atoms with E-state index < -0.39 is 5.67 Å². The second-order valence-electron chi connectivity index (χ2n) is 8.20. The lowest BCUT2D eigenvalue weighted by atomic mass is 9.91. The number of piperidine rings is 1. The van der Waals surface area contributed by atoms with Crippen molar-refractivity contribution >= 4 is 5.91 Å². The fourth-order valence-electron chi connectivity index (χ4n) is 4.12. The van der Waals surface area contributed by atoms with E-state index in [1.54, 1.807) is 18.2 Å². The first kappa shape index (κ1) is 22.4. The molecule has 2 fully saturated rings. The monoisotopic (exact) mass is 420 g/mol. The molecule has 1 aromatic rings. The van der Waals surface area contributed by atoms with E-state index in [9.17, 15) is 4.79 Å². The van der Waals surface area contributed by atoms with Gasteiger partial charge in [-0.05, 0) is 50.3 Å². The Labute approximate surface area is 178 Å². The molecule has 2 heterocycles. The summed E-state index contributed by atoms with van der Waals surface area (Å²) in [5.74, 6) is 2.36. The summed E-state index contributed by atoms with van der Waals surface area (Å²) < 4.78 is 31.3.